The monoisotopic (exact) mass is 1080 g/mol. The standard InChI is InChI=1S/C62H40B2Br2N6O2/c1-39-20-16-18-30-47(39)57-54-55(60(56(68-3)62-70-51-35-33-46(66)37-53(51)74-62)72(57)64(43-26-12-6-13-27-43)44-28-14-7-15-29-44)58(48-31-19-17-21-40(48)2)71(63(41-22-8-4-9-23-41)42-24-10-5-11-25-42)59(54)49(38-67)61-69-50-34-32-45(65)36-52(50)73-61/h4-37H,1-2H3/b59-49-,60-56+. The highest BCUT2D eigenvalue weighted by atomic mass is 79.9. The molecule has 350 valence electrons. The minimum atomic E-state index is -0.542. The van der Waals surface area contributed by atoms with Gasteiger partial charge in [-0.05, 0) is 61.4 Å². The van der Waals surface area contributed by atoms with E-state index in [1.54, 1.807) is 0 Å². The van der Waals surface area contributed by atoms with Crippen molar-refractivity contribution in [3.8, 4) is 28.6 Å². The van der Waals surface area contributed by atoms with Crippen molar-refractivity contribution >= 4 is 112 Å². The van der Waals surface area contributed by atoms with Crippen molar-refractivity contribution in [2.75, 3.05) is 0 Å². The first-order chi connectivity index (χ1) is 36.3. The summed E-state index contributed by atoms with van der Waals surface area (Å²) in [6.45, 7) is 12.6. The third-order valence-electron chi connectivity index (χ3n) is 13.7. The first-order valence-corrected chi connectivity index (χ1v) is 25.7. The summed E-state index contributed by atoms with van der Waals surface area (Å²) in [5.41, 5.74) is 11.9. The van der Waals surface area contributed by atoms with Gasteiger partial charge in [-0.3, -0.25) is 0 Å². The lowest BCUT2D eigenvalue weighted by atomic mass is 9.50. The molecule has 0 saturated heterocycles. The molecular formula is C62H40B2Br2N6O2. The van der Waals surface area contributed by atoms with Crippen LogP contribution in [0.25, 0.3) is 71.6 Å². The Morgan fingerprint density at radius 1 is 0.514 bits per heavy atom. The van der Waals surface area contributed by atoms with Gasteiger partial charge in [0.2, 0.25) is 11.8 Å². The third kappa shape index (κ3) is 8.00. The van der Waals surface area contributed by atoms with Crippen LogP contribution in [0.1, 0.15) is 22.9 Å². The smallest absolute Gasteiger partial charge is 0.328 e. The van der Waals surface area contributed by atoms with E-state index in [9.17, 15) is 11.8 Å². The second kappa shape index (κ2) is 19.4. The van der Waals surface area contributed by atoms with Crippen LogP contribution in [0.15, 0.2) is 224 Å². The quantitative estimate of drug-likeness (QED) is 0.101. The Balaban J connectivity index is 1.46. The molecule has 12 rings (SSSR count). The fourth-order valence-corrected chi connectivity index (χ4v) is 11.2. The second-order valence-electron chi connectivity index (χ2n) is 18.2. The second-order valence-corrected chi connectivity index (χ2v) is 20.0. The van der Waals surface area contributed by atoms with Crippen LogP contribution in [0.4, 0.5) is 0 Å². The highest BCUT2D eigenvalue weighted by Crippen LogP contribution is 2.39. The number of nitrogens with zero attached hydrogens (tertiary/aromatic N) is 6. The normalized spacial score (nSPS) is 12.2. The molecule has 0 saturated carbocycles. The van der Waals surface area contributed by atoms with Crippen molar-refractivity contribution in [2.24, 2.45) is 0 Å². The van der Waals surface area contributed by atoms with Gasteiger partial charge >= 0.3 is 13.7 Å². The number of aromatic nitrogens is 4. The first kappa shape index (κ1) is 46.4. The minimum absolute atomic E-state index is 0.157. The molecule has 0 spiro atoms. The largest absolute Gasteiger partial charge is 0.447 e. The van der Waals surface area contributed by atoms with Gasteiger partial charge in [-0.15, -0.1) is 0 Å². The number of fused-ring (bicyclic) bond motifs is 3. The van der Waals surface area contributed by atoms with Gasteiger partial charge in [0.1, 0.15) is 22.7 Å². The Hall–Kier alpha value is -8.67. The average Bonchev–Trinajstić information content (AvgIpc) is 4.21. The van der Waals surface area contributed by atoms with Crippen LogP contribution in [-0.2, 0) is 0 Å². The highest BCUT2D eigenvalue weighted by molar-refractivity contribution is 9.10. The molecule has 12 heteroatoms. The summed E-state index contributed by atoms with van der Waals surface area (Å²) in [5, 5.41) is 14.7. The van der Waals surface area contributed by atoms with Crippen molar-refractivity contribution in [1.82, 2.24) is 18.9 Å². The molecule has 74 heavy (non-hydrogen) atoms. The first-order valence-electron chi connectivity index (χ1n) is 24.1. The maximum atomic E-state index is 12.1. The molecule has 8 aromatic carbocycles. The Morgan fingerprint density at radius 2 is 0.892 bits per heavy atom. The van der Waals surface area contributed by atoms with Crippen LogP contribution in [-0.4, -0.2) is 32.6 Å². The lowest BCUT2D eigenvalue weighted by Crippen LogP contribution is -2.54. The van der Waals surface area contributed by atoms with Gasteiger partial charge in [-0.1, -0.05) is 224 Å². The lowest BCUT2D eigenvalue weighted by molar-refractivity contribution is 0.584. The molecule has 0 N–H and O–H groups in total. The van der Waals surface area contributed by atoms with E-state index in [1.807, 2.05) is 109 Å². The zero-order valence-corrected chi connectivity index (χ0v) is 43.2. The van der Waals surface area contributed by atoms with E-state index in [0.717, 1.165) is 75.2 Å². The number of rotatable bonds is 10. The van der Waals surface area contributed by atoms with Crippen LogP contribution in [0.2, 0.25) is 0 Å². The molecule has 0 radical (unpaired) electrons. The molecule has 0 atom stereocenters. The van der Waals surface area contributed by atoms with Crippen molar-refractivity contribution in [2.45, 2.75) is 13.8 Å². The van der Waals surface area contributed by atoms with Gasteiger partial charge in [0.15, 0.2) is 11.2 Å². The number of hydrogen-bond donors (Lipinski definition) is 0. The minimum Gasteiger partial charge on any atom is -0.447 e. The SMILES string of the molecule is [C-]#[N+]/C(c1nc2ccc(Br)cc2o1)=c1\c2c(-c3ccccc3C)n(B(c3ccccc3)c3ccccc3)/c(=C(/C#N)c3nc4ccc(Br)cc4o3)c2c(-c2ccccc2C)n1B(c1ccccc1)c1ccccc1. The molecule has 4 aromatic heterocycles. The number of nitriles is 1. The fraction of sp³-hybridized carbons (Fsp3) is 0.0323. The van der Waals surface area contributed by atoms with Gasteiger partial charge in [0, 0.05) is 42.2 Å². The van der Waals surface area contributed by atoms with Crippen molar-refractivity contribution in [1.29, 1.82) is 5.26 Å². The molecule has 4 heterocycles. The summed E-state index contributed by atoms with van der Waals surface area (Å²) in [4.78, 5) is 14.8. The van der Waals surface area contributed by atoms with Gasteiger partial charge in [-0.25, -0.2) is 14.8 Å². The Morgan fingerprint density at radius 3 is 1.31 bits per heavy atom. The molecule has 0 fully saturated rings. The van der Waals surface area contributed by atoms with Crippen LogP contribution in [0.3, 0.4) is 0 Å². The molecule has 0 aliphatic carbocycles. The van der Waals surface area contributed by atoms with E-state index in [0.29, 0.717) is 32.9 Å². The maximum absolute atomic E-state index is 12.1. The Kier molecular flexibility index (Phi) is 12.2. The summed E-state index contributed by atoms with van der Waals surface area (Å²) in [5.74, 6) is 0.316. The number of halogens is 2. The van der Waals surface area contributed by atoms with E-state index in [1.165, 1.54) is 0 Å². The van der Waals surface area contributed by atoms with Crippen LogP contribution < -0.4 is 32.5 Å². The molecule has 0 unspecified atom stereocenters. The summed E-state index contributed by atoms with van der Waals surface area (Å²) < 4.78 is 19.8. The van der Waals surface area contributed by atoms with Crippen LogP contribution >= 0.6 is 31.9 Å². The molecule has 0 aliphatic rings. The molecule has 8 nitrogen and oxygen atoms in total. The van der Waals surface area contributed by atoms with Gasteiger partial charge < -0.3 is 17.8 Å². The summed E-state index contributed by atoms with van der Waals surface area (Å²) in [6, 6.07) is 72.3. The maximum Gasteiger partial charge on any atom is 0.328 e. The molecule has 0 amide bonds. The van der Waals surface area contributed by atoms with E-state index in [-0.39, 0.29) is 23.1 Å². The van der Waals surface area contributed by atoms with Crippen LogP contribution in [0, 0.1) is 31.8 Å². The van der Waals surface area contributed by atoms with Crippen LogP contribution in [0.5, 0.6) is 0 Å². The number of hydrogen-bond acceptors (Lipinski definition) is 5. The molecule has 12 aromatic rings. The lowest BCUT2D eigenvalue weighted by Gasteiger charge is -2.25. The average molecular weight is 1080 g/mol. The topological polar surface area (TPSA) is 90.1 Å². The van der Waals surface area contributed by atoms with E-state index in [4.69, 9.17) is 18.8 Å². The summed E-state index contributed by atoms with van der Waals surface area (Å²) in [6.07, 6.45) is 0. The Bertz CT molecular complexity index is 3990. The zero-order valence-electron chi connectivity index (χ0n) is 40.0. The van der Waals surface area contributed by atoms with E-state index < -0.39 is 13.7 Å². The summed E-state index contributed by atoms with van der Waals surface area (Å²) >= 11 is 7.29. The van der Waals surface area contributed by atoms with Crippen molar-refractivity contribution < 1.29 is 8.83 Å². The third-order valence-corrected chi connectivity index (χ3v) is 14.7. The molecular weight excluding hydrogens is 1040 g/mol. The van der Waals surface area contributed by atoms with E-state index in [2.05, 4.69) is 163 Å². The number of oxazole rings is 2. The number of benzene rings is 8. The number of aryl methyl sites for hydroxylation is 2. The van der Waals surface area contributed by atoms with Gasteiger partial charge in [0.25, 0.3) is 5.70 Å². The highest BCUT2D eigenvalue weighted by Gasteiger charge is 2.38. The summed E-state index contributed by atoms with van der Waals surface area (Å²) in [7, 11) is 0. The Labute approximate surface area is 444 Å². The van der Waals surface area contributed by atoms with Gasteiger partial charge in [0.05, 0.1) is 17.3 Å². The van der Waals surface area contributed by atoms with Crippen molar-refractivity contribution in [3.05, 3.63) is 260 Å². The zero-order chi connectivity index (χ0) is 50.5. The van der Waals surface area contributed by atoms with Gasteiger partial charge in [-0.2, -0.15) is 5.26 Å². The molecule has 0 bridgehead atoms. The molecule has 0 aliphatic heterocycles. The van der Waals surface area contributed by atoms with Crippen molar-refractivity contribution in [3.63, 3.8) is 0 Å². The fourth-order valence-electron chi connectivity index (χ4n) is 10.5. The predicted octanol–water partition coefficient (Wildman–Crippen LogP) is 11.3. The predicted molar refractivity (Wildman–Crippen MR) is 307 cm³/mol. The van der Waals surface area contributed by atoms with E-state index >= 15 is 0 Å².